The molecule has 8 nitrogen and oxygen atoms in total. The normalized spacial score (nSPS) is 14.0. The highest BCUT2D eigenvalue weighted by Crippen LogP contribution is 2.32. The first kappa shape index (κ1) is 22.5. The van der Waals surface area contributed by atoms with Gasteiger partial charge in [0.25, 0.3) is 5.91 Å². The lowest BCUT2D eigenvalue weighted by Gasteiger charge is -2.26. The summed E-state index contributed by atoms with van der Waals surface area (Å²) < 4.78 is 13.3. The van der Waals surface area contributed by atoms with E-state index in [9.17, 15) is 4.79 Å². The second-order valence-corrected chi connectivity index (χ2v) is 7.17. The molecular formula is C23H28N4O4. The van der Waals surface area contributed by atoms with Crippen molar-refractivity contribution in [3.8, 4) is 17.0 Å². The molecule has 1 amide bonds. The maximum atomic E-state index is 12.5. The number of hydrogen-bond acceptors (Lipinski definition) is 5. The highest BCUT2D eigenvalue weighted by molar-refractivity contribution is 6.04. The van der Waals surface area contributed by atoms with Crippen LogP contribution in [0, 0.1) is 0 Å². The first-order chi connectivity index (χ1) is 14.7. The van der Waals surface area contributed by atoms with Gasteiger partial charge in [-0.05, 0) is 36.4 Å². The smallest absolute Gasteiger partial charge is 0.255 e. The number of carbonyl (C=O) groups is 1. The van der Waals surface area contributed by atoms with E-state index >= 15 is 0 Å². The summed E-state index contributed by atoms with van der Waals surface area (Å²) in [5, 5.41) is 7.25. The Morgan fingerprint density at radius 2 is 1.90 bits per heavy atom. The van der Waals surface area contributed by atoms with Crippen molar-refractivity contribution in [3.63, 3.8) is 0 Å². The van der Waals surface area contributed by atoms with E-state index in [1.807, 2.05) is 49.5 Å². The van der Waals surface area contributed by atoms with Crippen LogP contribution >= 0.6 is 0 Å². The lowest BCUT2D eigenvalue weighted by molar-refractivity contribution is 0.0323. The zero-order valence-corrected chi connectivity index (χ0v) is 17.6. The Hall–Kier alpha value is -3.20. The van der Waals surface area contributed by atoms with Gasteiger partial charge < -0.3 is 20.3 Å². The maximum absolute atomic E-state index is 12.5. The minimum atomic E-state index is -0.146. The number of nitrogens with one attached hydrogen (secondary N) is 1. The molecule has 1 fully saturated rings. The molecule has 1 saturated heterocycles. The summed E-state index contributed by atoms with van der Waals surface area (Å²) in [6.45, 7) is 4.85. The van der Waals surface area contributed by atoms with E-state index in [1.165, 1.54) is 0 Å². The molecule has 2 heterocycles. The summed E-state index contributed by atoms with van der Waals surface area (Å²) in [6.07, 6.45) is 1.75. The molecule has 3 aromatic rings. The molecule has 1 aliphatic heterocycles. The van der Waals surface area contributed by atoms with Crippen molar-refractivity contribution in [2.75, 3.05) is 44.8 Å². The average molecular weight is 425 g/mol. The van der Waals surface area contributed by atoms with Crippen LogP contribution in [0.1, 0.15) is 10.4 Å². The molecule has 164 valence electrons. The number of benzene rings is 2. The molecule has 0 atom stereocenters. The van der Waals surface area contributed by atoms with Gasteiger partial charge in [0.1, 0.15) is 12.4 Å². The first-order valence-corrected chi connectivity index (χ1v) is 10.1. The minimum absolute atomic E-state index is 0. The molecule has 31 heavy (non-hydrogen) atoms. The molecule has 1 aromatic heterocycles. The van der Waals surface area contributed by atoms with E-state index < -0.39 is 0 Å². The van der Waals surface area contributed by atoms with Gasteiger partial charge in [-0.2, -0.15) is 5.10 Å². The Labute approximate surface area is 181 Å². The predicted molar refractivity (Wildman–Crippen MR) is 119 cm³/mol. The van der Waals surface area contributed by atoms with Crippen LogP contribution in [0.2, 0.25) is 0 Å². The predicted octanol–water partition coefficient (Wildman–Crippen LogP) is 2.23. The van der Waals surface area contributed by atoms with Crippen LogP contribution in [-0.2, 0) is 11.8 Å². The van der Waals surface area contributed by atoms with Crippen molar-refractivity contribution in [2.45, 2.75) is 0 Å². The quantitative estimate of drug-likeness (QED) is 0.627. The molecule has 0 unspecified atom stereocenters. The third-order valence-corrected chi connectivity index (χ3v) is 5.14. The number of amides is 1. The Kier molecular flexibility index (Phi) is 7.77. The van der Waals surface area contributed by atoms with Gasteiger partial charge in [0.2, 0.25) is 0 Å². The van der Waals surface area contributed by atoms with E-state index in [-0.39, 0.29) is 11.4 Å². The zero-order valence-electron chi connectivity index (χ0n) is 17.6. The minimum Gasteiger partial charge on any atom is -0.492 e. The monoisotopic (exact) mass is 424 g/mol. The highest BCUT2D eigenvalue weighted by atomic mass is 16.5. The number of aromatic nitrogens is 2. The van der Waals surface area contributed by atoms with Crippen molar-refractivity contribution in [1.82, 2.24) is 14.7 Å². The third-order valence-electron chi connectivity index (χ3n) is 5.14. The standard InChI is InChI=1S/C23H26N4O3.H2O/c1-26-21(9-10-24-26)20-17-19(25-23(28)18-5-3-2-4-6-18)7-8-22(20)30-16-13-27-11-14-29-15-12-27;/h2-10,17H,11-16H2,1H3,(H,25,28);1H2. The fourth-order valence-electron chi connectivity index (χ4n) is 3.47. The Morgan fingerprint density at radius 3 is 2.61 bits per heavy atom. The molecule has 8 heteroatoms. The van der Waals surface area contributed by atoms with Crippen LogP contribution in [0.15, 0.2) is 60.8 Å². The van der Waals surface area contributed by atoms with Crippen LogP contribution in [0.3, 0.4) is 0 Å². The van der Waals surface area contributed by atoms with E-state index in [4.69, 9.17) is 9.47 Å². The molecule has 0 radical (unpaired) electrons. The van der Waals surface area contributed by atoms with Crippen LogP contribution in [0.4, 0.5) is 5.69 Å². The topological polar surface area (TPSA) is 100 Å². The van der Waals surface area contributed by atoms with Gasteiger partial charge in [-0.3, -0.25) is 14.4 Å². The molecule has 0 saturated carbocycles. The molecular weight excluding hydrogens is 396 g/mol. The second kappa shape index (κ2) is 10.7. The Morgan fingerprint density at radius 1 is 1.13 bits per heavy atom. The summed E-state index contributed by atoms with van der Waals surface area (Å²) in [4.78, 5) is 14.9. The Bertz CT molecular complexity index is 984. The van der Waals surface area contributed by atoms with E-state index in [2.05, 4.69) is 15.3 Å². The molecule has 3 N–H and O–H groups in total. The Balaban J connectivity index is 0.00000272. The van der Waals surface area contributed by atoms with Gasteiger partial charge in [0.15, 0.2) is 0 Å². The number of aryl methyl sites for hydroxylation is 1. The molecule has 1 aliphatic rings. The molecule has 4 rings (SSSR count). The second-order valence-electron chi connectivity index (χ2n) is 7.17. The van der Waals surface area contributed by atoms with Crippen LogP contribution in [0.25, 0.3) is 11.3 Å². The van der Waals surface area contributed by atoms with Gasteiger partial charge in [0.05, 0.1) is 18.9 Å². The number of rotatable bonds is 7. The van der Waals surface area contributed by atoms with Gasteiger partial charge in [0, 0.05) is 49.7 Å². The largest absolute Gasteiger partial charge is 0.492 e. The van der Waals surface area contributed by atoms with Crippen molar-refractivity contribution in [3.05, 3.63) is 66.4 Å². The lowest BCUT2D eigenvalue weighted by Crippen LogP contribution is -2.38. The van der Waals surface area contributed by atoms with Crippen LogP contribution < -0.4 is 10.1 Å². The number of ether oxygens (including phenoxy) is 2. The fraction of sp³-hybridized carbons (Fsp3) is 0.304. The SMILES string of the molecule is Cn1nccc1-c1cc(NC(=O)c2ccccc2)ccc1OCCN1CCOCC1.O. The molecule has 2 aromatic carbocycles. The van der Waals surface area contributed by atoms with Crippen LogP contribution in [-0.4, -0.2) is 65.5 Å². The van der Waals surface area contributed by atoms with E-state index in [1.54, 1.807) is 23.0 Å². The average Bonchev–Trinajstić information content (AvgIpc) is 3.21. The van der Waals surface area contributed by atoms with Crippen molar-refractivity contribution in [1.29, 1.82) is 0 Å². The molecule has 0 aliphatic carbocycles. The van der Waals surface area contributed by atoms with Gasteiger partial charge >= 0.3 is 0 Å². The summed E-state index contributed by atoms with van der Waals surface area (Å²) in [5.74, 6) is 0.622. The number of hydrogen-bond donors (Lipinski definition) is 1. The summed E-state index contributed by atoms with van der Waals surface area (Å²) in [7, 11) is 1.89. The van der Waals surface area contributed by atoms with Crippen molar-refractivity contribution >= 4 is 11.6 Å². The maximum Gasteiger partial charge on any atom is 0.255 e. The lowest BCUT2D eigenvalue weighted by atomic mass is 10.1. The first-order valence-electron chi connectivity index (χ1n) is 10.1. The molecule has 0 spiro atoms. The van der Waals surface area contributed by atoms with Crippen molar-refractivity contribution in [2.24, 2.45) is 7.05 Å². The van der Waals surface area contributed by atoms with Crippen LogP contribution in [0.5, 0.6) is 5.75 Å². The summed E-state index contributed by atoms with van der Waals surface area (Å²) in [5.41, 5.74) is 3.14. The third kappa shape index (κ3) is 5.69. The summed E-state index contributed by atoms with van der Waals surface area (Å²) >= 11 is 0. The number of anilines is 1. The highest BCUT2D eigenvalue weighted by Gasteiger charge is 2.15. The van der Waals surface area contributed by atoms with E-state index in [0.29, 0.717) is 17.9 Å². The molecule has 0 bridgehead atoms. The number of carbonyl (C=O) groups excluding carboxylic acids is 1. The van der Waals surface area contributed by atoms with Gasteiger partial charge in [-0.15, -0.1) is 0 Å². The fourth-order valence-corrected chi connectivity index (χ4v) is 3.47. The zero-order chi connectivity index (χ0) is 20.8. The number of morpholine rings is 1. The van der Waals surface area contributed by atoms with E-state index in [0.717, 1.165) is 49.9 Å². The van der Waals surface area contributed by atoms with Gasteiger partial charge in [-0.25, -0.2) is 0 Å². The van der Waals surface area contributed by atoms with Gasteiger partial charge in [-0.1, -0.05) is 18.2 Å². The summed E-state index contributed by atoms with van der Waals surface area (Å²) in [6, 6.07) is 16.8. The number of nitrogens with zero attached hydrogens (tertiary/aromatic N) is 3. The van der Waals surface area contributed by atoms with Crippen molar-refractivity contribution < 1.29 is 19.7 Å².